The number of aldehydes is 1. The fourth-order valence-electron chi connectivity index (χ4n) is 1.85. The average Bonchev–Trinajstić information content (AvgIpc) is 2.84. The fourth-order valence-corrected chi connectivity index (χ4v) is 2.60. The second kappa shape index (κ2) is 6.05. The molecule has 2 rings (SSSR count). The minimum absolute atomic E-state index is 0.641. The minimum Gasteiger partial charge on any atom is -0.383 e. The summed E-state index contributed by atoms with van der Waals surface area (Å²) in [6, 6.07) is 5.63. The van der Waals surface area contributed by atoms with E-state index < -0.39 is 0 Å². The molecule has 0 saturated heterocycles. The lowest BCUT2D eigenvalue weighted by Gasteiger charge is -2.11. The molecule has 0 amide bonds. The number of hydrogen-bond acceptors (Lipinski definition) is 3. The zero-order valence-corrected chi connectivity index (χ0v) is 13.3. The standard InChI is InChI=1S/C15H16BrN3O/c1-11-7-17-19(8-11)13-5-4-12(10-20)14(6-13)15(16)9-18(2)3/h4-10H,1-3H3/b15-9+. The van der Waals surface area contributed by atoms with Crippen LogP contribution in [-0.2, 0) is 0 Å². The first-order valence-corrected chi connectivity index (χ1v) is 6.95. The molecule has 0 atom stereocenters. The third-order valence-corrected chi connectivity index (χ3v) is 3.40. The Morgan fingerprint density at radius 3 is 2.70 bits per heavy atom. The normalized spacial score (nSPS) is 11.5. The second-order valence-electron chi connectivity index (χ2n) is 4.79. The van der Waals surface area contributed by atoms with Gasteiger partial charge in [-0.3, -0.25) is 4.79 Å². The molecule has 0 bridgehead atoms. The Kier molecular flexibility index (Phi) is 4.39. The van der Waals surface area contributed by atoms with E-state index >= 15 is 0 Å². The summed E-state index contributed by atoms with van der Waals surface area (Å²) in [6.45, 7) is 1.99. The van der Waals surface area contributed by atoms with Crippen LogP contribution >= 0.6 is 15.9 Å². The summed E-state index contributed by atoms with van der Waals surface area (Å²) in [5.74, 6) is 0. The Morgan fingerprint density at radius 1 is 1.40 bits per heavy atom. The molecule has 0 unspecified atom stereocenters. The van der Waals surface area contributed by atoms with E-state index in [9.17, 15) is 4.79 Å². The summed E-state index contributed by atoms with van der Waals surface area (Å²) in [6.07, 6.45) is 6.53. The van der Waals surface area contributed by atoms with Gasteiger partial charge < -0.3 is 4.90 Å². The van der Waals surface area contributed by atoms with Crippen molar-refractivity contribution in [1.82, 2.24) is 14.7 Å². The van der Waals surface area contributed by atoms with E-state index in [2.05, 4.69) is 21.0 Å². The van der Waals surface area contributed by atoms with Crippen LogP contribution in [0.3, 0.4) is 0 Å². The Balaban J connectivity index is 2.52. The van der Waals surface area contributed by atoms with Gasteiger partial charge in [-0.15, -0.1) is 0 Å². The van der Waals surface area contributed by atoms with Crippen molar-refractivity contribution in [2.24, 2.45) is 0 Å². The number of carbonyl (C=O) groups excluding carboxylic acids is 1. The molecule has 0 aliphatic rings. The molecule has 0 fully saturated rings. The highest BCUT2D eigenvalue weighted by molar-refractivity contribution is 9.15. The first kappa shape index (κ1) is 14.5. The Bertz CT molecular complexity index is 659. The molecule has 1 heterocycles. The van der Waals surface area contributed by atoms with Crippen LogP contribution in [0.1, 0.15) is 21.5 Å². The lowest BCUT2D eigenvalue weighted by molar-refractivity contribution is 0.112. The van der Waals surface area contributed by atoms with Crippen LogP contribution in [0, 0.1) is 6.92 Å². The van der Waals surface area contributed by atoms with Gasteiger partial charge in [0.1, 0.15) is 0 Å². The van der Waals surface area contributed by atoms with Gasteiger partial charge in [-0.2, -0.15) is 5.10 Å². The van der Waals surface area contributed by atoms with E-state index in [0.717, 1.165) is 27.6 Å². The largest absolute Gasteiger partial charge is 0.383 e. The van der Waals surface area contributed by atoms with Crippen LogP contribution < -0.4 is 0 Å². The molecule has 2 aromatic rings. The maximum Gasteiger partial charge on any atom is 0.150 e. The highest BCUT2D eigenvalue weighted by Crippen LogP contribution is 2.26. The summed E-state index contributed by atoms with van der Waals surface area (Å²) < 4.78 is 2.65. The van der Waals surface area contributed by atoms with Crippen molar-refractivity contribution < 1.29 is 4.79 Å². The van der Waals surface area contributed by atoms with E-state index in [4.69, 9.17) is 0 Å². The maximum atomic E-state index is 11.2. The maximum absolute atomic E-state index is 11.2. The molecule has 1 aromatic carbocycles. The van der Waals surface area contributed by atoms with Gasteiger partial charge in [0, 0.05) is 42.1 Å². The molecule has 104 valence electrons. The average molecular weight is 334 g/mol. The molecule has 20 heavy (non-hydrogen) atoms. The van der Waals surface area contributed by atoms with Crippen LogP contribution in [0.4, 0.5) is 0 Å². The van der Waals surface area contributed by atoms with Crippen LogP contribution in [0.25, 0.3) is 10.2 Å². The van der Waals surface area contributed by atoms with Gasteiger partial charge in [0.05, 0.1) is 11.9 Å². The minimum atomic E-state index is 0.641. The van der Waals surface area contributed by atoms with Crippen molar-refractivity contribution in [3.63, 3.8) is 0 Å². The predicted molar refractivity (Wildman–Crippen MR) is 84.3 cm³/mol. The van der Waals surface area contributed by atoms with Crippen molar-refractivity contribution >= 4 is 26.7 Å². The van der Waals surface area contributed by atoms with Gasteiger partial charge in [0.15, 0.2) is 6.29 Å². The van der Waals surface area contributed by atoms with Crippen LogP contribution in [0.2, 0.25) is 0 Å². The van der Waals surface area contributed by atoms with Crippen molar-refractivity contribution in [1.29, 1.82) is 0 Å². The fraction of sp³-hybridized carbons (Fsp3) is 0.200. The molecule has 4 nitrogen and oxygen atoms in total. The number of halogens is 1. The zero-order chi connectivity index (χ0) is 14.7. The number of carbonyl (C=O) groups is 1. The smallest absolute Gasteiger partial charge is 0.150 e. The quantitative estimate of drug-likeness (QED) is 0.806. The van der Waals surface area contributed by atoms with Crippen molar-refractivity contribution in [3.8, 4) is 5.69 Å². The molecule has 0 aliphatic heterocycles. The van der Waals surface area contributed by atoms with Gasteiger partial charge in [0.25, 0.3) is 0 Å². The predicted octanol–water partition coefficient (Wildman–Crippen LogP) is 3.25. The SMILES string of the molecule is Cc1cnn(-c2ccc(C=O)c(/C(Br)=C\N(C)C)c2)c1. The molecule has 0 N–H and O–H groups in total. The van der Waals surface area contributed by atoms with Gasteiger partial charge in [-0.1, -0.05) is 0 Å². The van der Waals surface area contributed by atoms with Crippen molar-refractivity contribution in [2.75, 3.05) is 14.1 Å². The number of nitrogens with zero attached hydrogens (tertiary/aromatic N) is 3. The van der Waals surface area contributed by atoms with Gasteiger partial charge in [0.2, 0.25) is 0 Å². The first-order chi connectivity index (χ1) is 9.51. The monoisotopic (exact) mass is 333 g/mol. The number of benzene rings is 1. The van der Waals surface area contributed by atoms with E-state index in [1.54, 1.807) is 16.9 Å². The van der Waals surface area contributed by atoms with E-state index in [1.165, 1.54) is 0 Å². The van der Waals surface area contributed by atoms with Gasteiger partial charge >= 0.3 is 0 Å². The number of aromatic nitrogens is 2. The molecular formula is C15H16BrN3O. The third-order valence-electron chi connectivity index (χ3n) is 2.77. The van der Waals surface area contributed by atoms with E-state index in [0.29, 0.717) is 5.56 Å². The number of aryl methyl sites for hydroxylation is 1. The number of rotatable bonds is 4. The first-order valence-electron chi connectivity index (χ1n) is 6.16. The Labute approximate surface area is 126 Å². The summed E-state index contributed by atoms with van der Waals surface area (Å²) in [5, 5.41) is 4.29. The third kappa shape index (κ3) is 3.17. The lowest BCUT2D eigenvalue weighted by Crippen LogP contribution is -2.03. The lowest BCUT2D eigenvalue weighted by atomic mass is 10.1. The van der Waals surface area contributed by atoms with Crippen LogP contribution in [0.15, 0.2) is 36.8 Å². The molecular weight excluding hydrogens is 318 g/mol. The van der Waals surface area contributed by atoms with Crippen LogP contribution in [0.5, 0.6) is 0 Å². The molecule has 1 aromatic heterocycles. The Morgan fingerprint density at radius 2 is 2.15 bits per heavy atom. The van der Waals surface area contributed by atoms with Crippen molar-refractivity contribution in [2.45, 2.75) is 6.92 Å². The highest BCUT2D eigenvalue weighted by Gasteiger charge is 2.08. The second-order valence-corrected chi connectivity index (χ2v) is 5.65. The summed E-state index contributed by atoms with van der Waals surface area (Å²) in [4.78, 5) is 13.1. The molecule has 0 spiro atoms. The summed E-state index contributed by atoms with van der Waals surface area (Å²) in [7, 11) is 3.87. The zero-order valence-electron chi connectivity index (χ0n) is 11.7. The number of hydrogen-bond donors (Lipinski definition) is 0. The highest BCUT2D eigenvalue weighted by atomic mass is 79.9. The molecule has 0 saturated carbocycles. The van der Waals surface area contributed by atoms with Crippen molar-refractivity contribution in [3.05, 3.63) is 53.5 Å². The van der Waals surface area contributed by atoms with Crippen LogP contribution in [-0.4, -0.2) is 35.1 Å². The topological polar surface area (TPSA) is 38.1 Å². The summed E-state index contributed by atoms with van der Waals surface area (Å²) in [5.41, 5.74) is 3.50. The molecule has 0 aliphatic carbocycles. The van der Waals surface area contributed by atoms with Gasteiger partial charge in [-0.25, -0.2) is 4.68 Å². The Hall–Kier alpha value is -1.88. The molecule has 0 radical (unpaired) electrons. The van der Waals surface area contributed by atoms with Gasteiger partial charge in [-0.05, 0) is 46.6 Å². The van der Waals surface area contributed by atoms with E-state index in [-0.39, 0.29) is 0 Å². The van der Waals surface area contributed by atoms with E-state index in [1.807, 2.05) is 50.4 Å². The molecule has 5 heteroatoms. The summed E-state index contributed by atoms with van der Waals surface area (Å²) >= 11 is 3.52.